The van der Waals surface area contributed by atoms with E-state index in [1.54, 1.807) is 4.68 Å². The lowest BCUT2D eigenvalue weighted by Gasteiger charge is -2.11. The van der Waals surface area contributed by atoms with Crippen LogP contribution in [0.3, 0.4) is 0 Å². The lowest BCUT2D eigenvalue weighted by Crippen LogP contribution is -2.08. The lowest BCUT2D eigenvalue weighted by atomic mass is 10.3. The van der Waals surface area contributed by atoms with Gasteiger partial charge in [0.15, 0.2) is 11.6 Å². The molecule has 6 heteroatoms. The third-order valence-electron chi connectivity index (χ3n) is 2.78. The second kappa shape index (κ2) is 5.50. The summed E-state index contributed by atoms with van der Waals surface area (Å²) < 4.78 is 7.46. The number of para-hydroxylation sites is 3. The van der Waals surface area contributed by atoms with Crippen LogP contribution in [0.2, 0.25) is 0 Å². The van der Waals surface area contributed by atoms with Crippen LogP contribution in [0.1, 0.15) is 5.82 Å². The predicted molar refractivity (Wildman–Crippen MR) is 73.6 cm³/mol. The molecule has 0 unspecified atom stereocenters. The maximum atomic E-state index is 5.88. The average molecular weight is 267 g/mol. The summed E-state index contributed by atoms with van der Waals surface area (Å²) in [6.07, 6.45) is 0. The van der Waals surface area contributed by atoms with Crippen molar-refractivity contribution in [2.75, 3.05) is 0 Å². The van der Waals surface area contributed by atoms with E-state index < -0.39 is 0 Å². The summed E-state index contributed by atoms with van der Waals surface area (Å²) in [5.41, 5.74) is 6.38. The van der Waals surface area contributed by atoms with Crippen LogP contribution < -0.4 is 10.5 Å². The minimum Gasteiger partial charge on any atom is -0.455 e. The van der Waals surface area contributed by atoms with Gasteiger partial charge in [-0.15, -0.1) is 5.10 Å². The molecule has 0 atom stereocenters. The van der Waals surface area contributed by atoms with Gasteiger partial charge in [0.2, 0.25) is 0 Å². The molecule has 0 aliphatic rings. The van der Waals surface area contributed by atoms with E-state index >= 15 is 0 Å². The van der Waals surface area contributed by atoms with E-state index in [0.29, 0.717) is 11.6 Å². The second-order valence-corrected chi connectivity index (χ2v) is 4.09. The van der Waals surface area contributed by atoms with E-state index in [-0.39, 0.29) is 6.54 Å². The third kappa shape index (κ3) is 2.36. The molecule has 2 N–H and O–H groups in total. The molecule has 0 saturated carbocycles. The van der Waals surface area contributed by atoms with Crippen LogP contribution in [0.4, 0.5) is 0 Å². The SMILES string of the molecule is NCc1nnnn1-c1ccccc1Oc1ccccc1. The van der Waals surface area contributed by atoms with Crippen molar-refractivity contribution in [3.8, 4) is 17.2 Å². The Hall–Kier alpha value is -2.73. The van der Waals surface area contributed by atoms with Gasteiger partial charge in [0.05, 0.1) is 6.54 Å². The fraction of sp³-hybridized carbons (Fsp3) is 0.0714. The van der Waals surface area contributed by atoms with E-state index in [1.165, 1.54) is 0 Å². The van der Waals surface area contributed by atoms with Crippen LogP contribution in [0, 0.1) is 0 Å². The molecule has 0 saturated heterocycles. The Balaban J connectivity index is 2.01. The molecule has 0 amide bonds. The Kier molecular flexibility index (Phi) is 3.38. The highest BCUT2D eigenvalue weighted by Gasteiger charge is 2.12. The Bertz CT molecular complexity index is 696. The smallest absolute Gasteiger partial charge is 0.170 e. The van der Waals surface area contributed by atoms with Crippen LogP contribution in [0.25, 0.3) is 5.69 Å². The quantitative estimate of drug-likeness (QED) is 0.781. The number of nitrogens with zero attached hydrogens (tertiary/aromatic N) is 4. The fourth-order valence-corrected chi connectivity index (χ4v) is 1.85. The van der Waals surface area contributed by atoms with E-state index in [2.05, 4.69) is 15.5 Å². The van der Waals surface area contributed by atoms with Gasteiger partial charge in [-0.3, -0.25) is 0 Å². The zero-order chi connectivity index (χ0) is 13.8. The maximum Gasteiger partial charge on any atom is 0.170 e. The molecule has 3 rings (SSSR count). The molecule has 20 heavy (non-hydrogen) atoms. The first-order valence-corrected chi connectivity index (χ1v) is 6.18. The van der Waals surface area contributed by atoms with Crippen molar-refractivity contribution >= 4 is 0 Å². The Morgan fingerprint density at radius 1 is 1.00 bits per heavy atom. The summed E-state index contributed by atoms with van der Waals surface area (Å²) >= 11 is 0. The van der Waals surface area contributed by atoms with Gasteiger partial charge in [-0.05, 0) is 34.7 Å². The van der Waals surface area contributed by atoms with Crippen LogP contribution >= 0.6 is 0 Å². The minimum atomic E-state index is 0.257. The van der Waals surface area contributed by atoms with Gasteiger partial charge in [0.1, 0.15) is 11.4 Å². The number of ether oxygens (including phenoxy) is 1. The van der Waals surface area contributed by atoms with Crippen molar-refractivity contribution in [1.82, 2.24) is 20.2 Å². The van der Waals surface area contributed by atoms with Crippen LogP contribution in [0.15, 0.2) is 54.6 Å². The number of rotatable bonds is 4. The van der Waals surface area contributed by atoms with Gasteiger partial charge in [0, 0.05) is 0 Å². The van der Waals surface area contributed by atoms with Crippen molar-refractivity contribution in [2.24, 2.45) is 5.73 Å². The zero-order valence-electron chi connectivity index (χ0n) is 10.7. The molecule has 1 heterocycles. The van der Waals surface area contributed by atoms with Gasteiger partial charge in [-0.1, -0.05) is 30.3 Å². The summed E-state index contributed by atoms with van der Waals surface area (Å²) in [5, 5.41) is 11.5. The largest absolute Gasteiger partial charge is 0.455 e. The Morgan fingerprint density at radius 2 is 1.75 bits per heavy atom. The maximum absolute atomic E-state index is 5.88. The molecule has 0 aliphatic heterocycles. The molecule has 100 valence electrons. The van der Waals surface area contributed by atoms with Crippen molar-refractivity contribution in [3.05, 3.63) is 60.4 Å². The summed E-state index contributed by atoms with van der Waals surface area (Å²) in [6.45, 7) is 0.257. The van der Waals surface area contributed by atoms with Gasteiger partial charge in [-0.25, -0.2) is 0 Å². The lowest BCUT2D eigenvalue weighted by molar-refractivity contribution is 0.477. The molecule has 0 aliphatic carbocycles. The molecule has 6 nitrogen and oxygen atoms in total. The fourth-order valence-electron chi connectivity index (χ4n) is 1.85. The highest BCUT2D eigenvalue weighted by molar-refractivity contribution is 5.48. The summed E-state index contributed by atoms with van der Waals surface area (Å²) in [5.74, 6) is 2.00. The molecule has 2 aromatic carbocycles. The number of nitrogens with two attached hydrogens (primary N) is 1. The molecular formula is C14H13N5O. The summed E-state index contributed by atoms with van der Waals surface area (Å²) in [4.78, 5) is 0. The number of hydrogen-bond donors (Lipinski definition) is 1. The molecule has 0 fully saturated rings. The van der Waals surface area contributed by atoms with Crippen molar-refractivity contribution in [3.63, 3.8) is 0 Å². The first-order valence-electron chi connectivity index (χ1n) is 6.18. The molecule has 0 bridgehead atoms. The van der Waals surface area contributed by atoms with Crippen LogP contribution in [0.5, 0.6) is 11.5 Å². The first-order chi connectivity index (χ1) is 9.88. The van der Waals surface area contributed by atoms with E-state index in [0.717, 1.165) is 11.4 Å². The molecule has 1 aromatic heterocycles. The highest BCUT2D eigenvalue weighted by atomic mass is 16.5. The van der Waals surface area contributed by atoms with Crippen LogP contribution in [-0.2, 0) is 6.54 Å². The molecular weight excluding hydrogens is 254 g/mol. The number of tetrazole rings is 1. The average Bonchev–Trinajstić information content (AvgIpc) is 2.97. The third-order valence-corrected chi connectivity index (χ3v) is 2.78. The summed E-state index contributed by atoms with van der Waals surface area (Å²) in [6, 6.07) is 17.1. The van der Waals surface area contributed by atoms with Gasteiger partial charge < -0.3 is 10.5 Å². The predicted octanol–water partition coefficient (Wildman–Crippen LogP) is 1.91. The number of benzene rings is 2. The standard InChI is InChI=1S/C14H13N5O/c15-10-14-16-17-18-19(14)12-8-4-5-9-13(12)20-11-6-2-1-3-7-11/h1-9H,10,15H2. The highest BCUT2D eigenvalue weighted by Crippen LogP contribution is 2.27. The van der Waals surface area contributed by atoms with Crippen molar-refractivity contribution < 1.29 is 4.74 Å². The molecule has 3 aromatic rings. The molecule has 0 radical (unpaired) electrons. The minimum absolute atomic E-state index is 0.257. The number of aromatic nitrogens is 4. The topological polar surface area (TPSA) is 78.9 Å². The Labute approximate surface area is 115 Å². The molecule has 0 spiro atoms. The van der Waals surface area contributed by atoms with E-state index in [1.807, 2.05) is 54.6 Å². The Morgan fingerprint density at radius 3 is 2.55 bits per heavy atom. The number of hydrogen-bond acceptors (Lipinski definition) is 5. The zero-order valence-corrected chi connectivity index (χ0v) is 10.7. The van der Waals surface area contributed by atoms with E-state index in [9.17, 15) is 0 Å². The summed E-state index contributed by atoms with van der Waals surface area (Å²) in [7, 11) is 0. The van der Waals surface area contributed by atoms with Crippen molar-refractivity contribution in [2.45, 2.75) is 6.54 Å². The normalized spacial score (nSPS) is 10.4. The van der Waals surface area contributed by atoms with Gasteiger partial charge in [-0.2, -0.15) is 4.68 Å². The first kappa shape index (κ1) is 12.3. The van der Waals surface area contributed by atoms with E-state index in [4.69, 9.17) is 10.5 Å². The van der Waals surface area contributed by atoms with Gasteiger partial charge >= 0.3 is 0 Å². The second-order valence-electron chi connectivity index (χ2n) is 4.09. The van der Waals surface area contributed by atoms with Crippen LogP contribution in [-0.4, -0.2) is 20.2 Å². The van der Waals surface area contributed by atoms with Gasteiger partial charge in [0.25, 0.3) is 0 Å². The van der Waals surface area contributed by atoms with Crippen molar-refractivity contribution in [1.29, 1.82) is 0 Å². The monoisotopic (exact) mass is 267 g/mol.